The Bertz CT molecular complexity index is 544. The molecule has 0 atom stereocenters. The van der Waals surface area contributed by atoms with Gasteiger partial charge in [-0.25, -0.2) is 12.8 Å². The van der Waals surface area contributed by atoms with E-state index in [4.69, 9.17) is 0 Å². The Hall–Kier alpha value is -1.08. The van der Waals surface area contributed by atoms with Crippen molar-refractivity contribution in [2.45, 2.75) is 19.1 Å². The number of hydrogen-bond acceptors (Lipinski definition) is 4. The van der Waals surface area contributed by atoms with Crippen LogP contribution in [-0.2, 0) is 20.4 Å². The lowest BCUT2D eigenvalue weighted by Crippen LogP contribution is -2.29. The summed E-state index contributed by atoms with van der Waals surface area (Å²) in [5, 5.41) is 2.60. The lowest BCUT2D eigenvalue weighted by Gasteiger charge is -2.05. The molecule has 0 bridgehead atoms. The standard InChI is InChI=1S/C14H20FNO3S2/c1-2-21(18,19)10-8-16-14(17)7-9-20-11-12-3-5-13(15)6-4-12/h3-6H,2,7-11H2,1H3,(H,16,17). The quantitative estimate of drug-likeness (QED) is 0.702. The molecule has 21 heavy (non-hydrogen) atoms. The van der Waals surface area contributed by atoms with Crippen LogP contribution in [0.5, 0.6) is 0 Å². The minimum atomic E-state index is -3.03. The summed E-state index contributed by atoms with van der Waals surface area (Å²) in [5.74, 6) is 1.04. The molecule has 0 unspecified atom stereocenters. The molecule has 0 aromatic heterocycles. The maximum atomic E-state index is 12.7. The van der Waals surface area contributed by atoms with Gasteiger partial charge in [0.05, 0.1) is 5.75 Å². The van der Waals surface area contributed by atoms with Gasteiger partial charge in [0.15, 0.2) is 9.84 Å². The Morgan fingerprint density at radius 2 is 1.95 bits per heavy atom. The van der Waals surface area contributed by atoms with Crippen LogP contribution in [0.3, 0.4) is 0 Å². The zero-order valence-electron chi connectivity index (χ0n) is 12.0. The van der Waals surface area contributed by atoms with Crippen molar-refractivity contribution >= 4 is 27.5 Å². The van der Waals surface area contributed by atoms with Gasteiger partial charge in [-0.3, -0.25) is 4.79 Å². The number of amides is 1. The number of halogens is 1. The van der Waals surface area contributed by atoms with E-state index in [0.717, 1.165) is 11.3 Å². The van der Waals surface area contributed by atoms with E-state index in [1.807, 2.05) is 0 Å². The first-order valence-electron chi connectivity index (χ1n) is 6.72. The maximum absolute atomic E-state index is 12.7. The van der Waals surface area contributed by atoms with Gasteiger partial charge in [-0.2, -0.15) is 11.8 Å². The summed E-state index contributed by atoms with van der Waals surface area (Å²) >= 11 is 1.58. The molecule has 1 aromatic rings. The molecule has 0 aliphatic heterocycles. The number of rotatable bonds is 9. The van der Waals surface area contributed by atoms with Gasteiger partial charge in [0, 0.05) is 30.2 Å². The second-order valence-electron chi connectivity index (χ2n) is 4.52. The van der Waals surface area contributed by atoms with Gasteiger partial charge in [0.1, 0.15) is 5.82 Å². The molecule has 0 aliphatic rings. The van der Waals surface area contributed by atoms with E-state index in [-0.39, 0.29) is 29.8 Å². The molecular weight excluding hydrogens is 313 g/mol. The second kappa shape index (κ2) is 9.04. The van der Waals surface area contributed by atoms with Crippen LogP contribution in [0.1, 0.15) is 18.9 Å². The highest BCUT2D eigenvalue weighted by atomic mass is 32.2. The molecule has 0 radical (unpaired) electrons. The monoisotopic (exact) mass is 333 g/mol. The Balaban J connectivity index is 2.12. The van der Waals surface area contributed by atoms with Crippen molar-refractivity contribution < 1.29 is 17.6 Å². The van der Waals surface area contributed by atoms with E-state index >= 15 is 0 Å². The van der Waals surface area contributed by atoms with E-state index in [0.29, 0.717) is 12.2 Å². The molecule has 0 heterocycles. The van der Waals surface area contributed by atoms with Gasteiger partial charge in [0.2, 0.25) is 5.91 Å². The van der Waals surface area contributed by atoms with E-state index in [2.05, 4.69) is 5.32 Å². The lowest BCUT2D eigenvalue weighted by molar-refractivity contribution is -0.120. The highest BCUT2D eigenvalue weighted by molar-refractivity contribution is 7.98. The Morgan fingerprint density at radius 3 is 2.57 bits per heavy atom. The predicted octanol–water partition coefficient (Wildman–Crippen LogP) is 2.00. The molecule has 1 rings (SSSR count). The first kappa shape index (κ1) is 18.0. The van der Waals surface area contributed by atoms with Crippen LogP contribution in [0.2, 0.25) is 0 Å². The van der Waals surface area contributed by atoms with Crippen molar-refractivity contribution in [3.63, 3.8) is 0 Å². The van der Waals surface area contributed by atoms with Crippen molar-refractivity contribution in [1.82, 2.24) is 5.32 Å². The van der Waals surface area contributed by atoms with Gasteiger partial charge in [-0.1, -0.05) is 19.1 Å². The minimum Gasteiger partial charge on any atom is -0.355 e. The van der Waals surface area contributed by atoms with Crippen molar-refractivity contribution in [3.05, 3.63) is 35.6 Å². The highest BCUT2D eigenvalue weighted by Crippen LogP contribution is 2.13. The number of hydrogen-bond donors (Lipinski definition) is 1. The van der Waals surface area contributed by atoms with Crippen molar-refractivity contribution in [3.8, 4) is 0 Å². The van der Waals surface area contributed by atoms with Crippen LogP contribution < -0.4 is 5.32 Å². The zero-order valence-corrected chi connectivity index (χ0v) is 13.6. The van der Waals surface area contributed by atoms with Crippen molar-refractivity contribution in [2.24, 2.45) is 0 Å². The summed E-state index contributed by atoms with van der Waals surface area (Å²) in [6.07, 6.45) is 0.345. The van der Waals surface area contributed by atoms with Gasteiger partial charge >= 0.3 is 0 Å². The molecular formula is C14H20FNO3S2. The van der Waals surface area contributed by atoms with E-state index in [1.165, 1.54) is 12.1 Å². The third kappa shape index (κ3) is 8.06. The fourth-order valence-corrected chi connectivity index (χ4v) is 3.12. The fraction of sp³-hybridized carbons (Fsp3) is 0.500. The van der Waals surface area contributed by atoms with Crippen LogP contribution in [0.25, 0.3) is 0 Å². The molecule has 0 spiro atoms. The highest BCUT2D eigenvalue weighted by Gasteiger charge is 2.08. The Kier molecular flexibility index (Phi) is 7.74. The van der Waals surface area contributed by atoms with Gasteiger partial charge in [0.25, 0.3) is 0 Å². The zero-order chi connectivity index (χ0) is 15.7. The lowest BCUT2D eigenvalue weighted by atomic mass is 10.2. The first-order valence-corrected chi connectivity index (χ1v) is 9.70. The largest absolute Gasteiger partial charge is 0.355 e. The minimum absolute atomic E-state index is 0.0159. The molecule has 118 valence electrons. The second-order valence-corrected chi connectivity index (χ2v) is 8.09. The molecule has 0 fully saturated rings. The number of carbonyl (C=O) groups is 1. The topological polar surface area (TPSA) is 63.2 Å². The van der Waals surface area contributed by atoms with E-state index in [1.54, 1.807) is 30.8 Å². The van der Waals surface area contributed by atoms with Crippen molar-refractivity contribution in [2.75, 3.05) is 23.8 Å². The molecule has 1 amide bonds. The maximum Gasteiger partial charge on any atom is 0.220 e. The summed E-state index contributed by atoms with van der Waals surface area (Å²) in [7, 11) is -3.03. The number of sulfone groups is 1. The molecule has 0 aliphatic carbocycles. The van der Waals surface area contributed by atoms with Crippen LogP contribution in [-0.4, -0.2) is 38.1 Å². The average Bonchev–Trinajstić information content (AvgIpc) is 2.45. The molecule has 0 saturated heterocycles. The molecule has 0 saturated carbocycles. The average molecular weight is 333 g/mol. The van der Waals surface area contributed by atoms with Crippen LogP contribution >= 0.6 is 11.8 Å². The molecule has 1 N–H and O–H groups in total. The fourth-order valence-electron chi connectivity index (χ4n) is 1.51. The Morgan fingerprint density at radius 1 is 1.29 bits per heavy atom. The molecule has 4 nitrogen and oxygen atoms in total. The number of carbonyl (C=O) groups excluding carboxylic acids is 1. The summed E-state index contributed by atoms with van der Waals surface area (Å²) in [6.45, 7) is 1.75. The number of benzene rings is 1. The van der Waals surface area contributed by atoms with Crippen LogP contribution in [0.4, 0.5) is 4.39 Å². The first-order chi connectivity index (χ1) is 9.93. The number of thioether (sulfide) groups is 1. The van der Waals surface area contributed by atoms with Gasteiger partial charge in [-0.05, 0) is 17.7 Å². The third-order valence-electron chi connectivity index (χ3n) is 2.83. The summed E-state index contributed by atoms with van der Waals surface area (Å²) in [4.78, 5) is 11.5. The Labute approximate surface area is 129 Å². The summed E-state index contributed by atoms with van der Waals surface area (Å²) in [6, 6.07) is 6.27. The summed E-state index contributed by atoms with van der Waals surface area (Å²) < 4.78 is 35.2. The molecule has 7 heteroatoms. The normalized spacial score (nSPS) is 11.3. The van der Waals surface area contributed by atoms with Crippen molar-refractivity contribution in [1.29, 1.82) is 0 Å². The third-order valence-corrected chi connectivity index (χ3v) is 5.57. The van der Waals surface area contributed by atoms with Gasteiger partial charge < -0.3 is 5.32 Å². The van der Waals surface area contributed by atoms with Crippen LogP contribution in [0.15, 0.2) is 24.3 Å². The van der Waals surface area contributed by atoms with Gasteiger partial charge in [-0.15, -0.1) is 0 Å². The summed E-state index contributed by atoms with van der Waals surface area (Å²) in [5.41, 5.74) is 1.01. The smallest absolute Gasteiger partial charge is 0.220 e. The van der Waals surface area contributed by atoms with Crippen LogP contribution in [0, 0.1) is 5.82 Å². The SMILES string of the molecule is CCS(=O)(=O)CCNC(=O)CCSCc1ccc(F)cc1. The number of nitrogens with one attached hydrogen (secondary N) is 1. The predicted molar refractivity (Wildman–Crippen MR) is 84.5 cm³/mol. The van der Waals surface area contributed by atoms with E-state index in [9.17, 15) is 17.6 Å². The molecule has 1 aromatic carbocycles. The van der Waals surface area contributed by atoms with E-state index < -0.39 is 9.84 Å².